The van der Waals surface area contributed by atoms with E-state index in [1.807, 2.05) is 22.9 Å². The van der Waals surface area contributed by atoms with Crippen molar-refractivity contribution in [3.05, 3.63) is 95.9 Å². The summed E-state index contributed by atoms with van der Waals surface area (Å²) in [6.07, 6.45) is 5.51. The summed E-state index contributed by atoms with van der Waals surface area (Å²) in [5, 5.41) is 26.7. The second-order valence-corrected chi connectivity index (χ2v) is 8.16. The topological polar surface area (TPSA) is 101 Å². The van der Waals surface area contributed by atoms with E-state index in [-0.39, 0.29) is 0 Å². The average molecular weight is 524 g/mol. The summed E-state index contributed by atoms with van der Waals surface area (Å²) < 4.78 is 2.57. The standard InChI is InChI=1S/C18H14BrCl3N2O.HNO3/c19-15-8-13(20)2-3-14(15)18(25,10-24-6-5-23-11-24)9-12-1-4-16(21)17(22)7-12;2-1(3)4/h1-8,11,25H,9-10H2;(H,2,3,4). The molecule has 1 unspecified atom stereocenters. The lowest BCUT2D eigenvalue weighted by atomic mass is 9.87. The van der Waals surface area contributed by atoms with Crippen LogP contribution in [0.3, 0.4) is 0 Å². The summed E-state index contributed by atoms with van der Waals surface area (Å²) in [6, 6.07) is 10.7. The summed E-state index contributed by atoms with van der Waals surface area (Å²) in [4.78, 5) is 12.4. The van der Waals surface area contributed by atoms with Gasteiger partial charge in [0.15, 0.2) is 0 Å². The Kier molecular flexibility index (Phi) is 8.30. The quantitative estimate of drug-likeness (QED) is 0.345. The van der Waals surface area contributed by atoms with E-state index in [0.717, 1.165) is 15.6 Å². The third-order valence-electron chi connectivity index (χ3n) is 3.92. The number of halogens is 4. The highest BCUT2D eigenvalue weighted by Gasteiger charge is 2.32. The maximum atomic E-state index is 11.5. The Morgan fingerprint density at radius 2 is 1.86 bits per heavy atom. The van der Waals surface area contributed by atoms with E-state index in [1.54, 1.807) is 36.8 Å². The van der Waals surface area contributed by atoms with Crippen molar-refractivity contribution in [2.24, 2.45) is 0 Å². The molecule has 1 heterocycles. The molecule has 154 valence electrons. The van der Waals surface area contributed by atoms with Gasteiger partial charge >= 0.3 is 0 Å². The lowest BCUT2D eigenvalue weighted by Crippen LogP contribution is -2.34. The first-order valence-corrected chi connectivity index (χ1v) is 9.94. The zero-order valence-corrected chi connectivity index (χ0v) is 18.5. The van der Waals surface area contributed by atoms with Crippen molar-refractivity contribution in [1.82, 2.24) is 9.55 Å². The Morgan fingerprint density at radius 3 is 2.41 bits per heavy atom. The van der Waals surface area contributed by atoms with Crippen LogP contribution in [0.1, 0.15) is 11.1 Å². The molecule has 0 bridgehead atoms. The molecule has 0 spiro atoms. The van der Waals surface area contributed by atoms with Crippen molar-refractivity contribution in [3.8, 4) is 0 Å². The first-order valence-electron chi connectivity index (χ1n) is 8.01. The summed E-state index contributed by atoms with van der Waals surface area (Å²) in [7, 11) is 0. The van der Waals surface area contributed by atoms with Gasteiger partial charge in [-0.15, -0.1) is 10.1 Å². The van der Waals surface area contributed by atoms with Crippen molar-refractivity contribution in [1.29, 1.82) is 0 Å². The van der Waals surface area contributed by atoms with Gasteiger partial charge in [0.25, 0.3) is 5.09 Å². The van der Waals surface area contributed by atoms with Crippen LogP contribution in [0.2, 0.25) is 15.1 Å². The highest BCUT2D eigenvalue weighted by atomic mass is 79.9. The van der Waals surface area contributed by atoms with Gasteiger partial charge in [-0.1, -0.05) is 62.9 Å². The first kappa shape index (κ1) is 23.4. The number of aliphatic hydroxyl groups is 1. The second-order valence-electron chi connectivity index (χ2n) is 6.05. The van der Waals surface area contributed by atoms with Gasteiger partial charge in [-0.3, -0.25) is 0 Å². The number of hydrogen-bond acceptors (Lipinski definition) is 4. The minimum Gasteiger partial charge on any atom is -0.383 e. The highest BCUT2D eigenvalue weighted by Crippen LogP contribution is 2.36. The average Bonchev–Trinajstić information content (AvgIpc) is 3.10. The molecule has 0 aliphatic rings. The summed E-state index contributed by atoms with van der Waals surface area (Å²) in [6.45, 7) is 0.327. The Bertz CT molecular complexity index is 984. The minimum atomic E-state index is -1.50. The lowest BCUT2D eigenvalue weighted by Gasteiger charge is -2.30. The van der Waals surface area contributed by atoms with Gasteiger partial charge in [-0.05, 0) is 35.4 Å². The summed E-state index contributed by atoms with van der Waals surface area (Å²) >= 11 is 21.7. The number of imidazole rings is 1. The molecule has 0 aliphatic carbocycles. The van der Waals surface area contributed by atoms with E-state index < -0.39 is 10.7 Å². The van der Waals surface area contributed by atoms with Crippen LogP contribution in [0.15, 0.2) is 59.6 Å². The van der Waals surface area contributed by atoms with Gasteiger partial charge in [0.1, 0.15) is 5.60 Å². The molecule has 0 saturated carbocycles. The van der Waals surface area contributed by atoms with Crippen LogP contribution >= 0.6 is 50.7 Å². The molecule has 3 rings (SSSR count). The summed E-state index contributed by atoms with van der Waals surface area (Å²) in [5.74, 6) is 0. The van der Waals surface area contributed by atoms with E-state index in [1.165, 1.54) is 0 Å². The zero-order valence-electron chi connectivity index (χ0n) is 14.7. The van der Waals surface area contributed by atoms with E-state index in [2.05, 4.69) is 20.9 Å². The molecule has 0 fully saturated rings. The van der Waals surface area contributed by atoms with Crippen LogP contribution < -0.4 is 0 Å². The molecule has 1 atom stereocenters. The molecular weight excluding hydrogens is 508 g/mol. The van der Waals surface area contributed by atoms with Crippen LogP contribution in [0.25, 0.3) is 0 Å². The molecule has 2 aromatic carbocycles. The molecule has 11 heteroatoms. The molecular formula is C18H15BrCl3N3O4. The Balaban J connectivity index is 0.000000687. The molecule has 7 nitrogen and oxygen atoms in total. The number of aromatic nitrogens is 2. The molecule has 0 radical (unpaired) electrons. The fraction of sp³-hybridized carbons (Fsp3) is 0.167. The monoisotopic (exact) mass is 521 g/mol. The lowest BCUT2D eigenvalue weighted by molar-refractivity contribution is -0.742. The third kappa shape index (κ3) is 6.87. The minimum absolute atomic E-state index is 0.327. The van der Waals surface area contributed by atoms with Gasteiger partial charge in [-0.2, -0.15) is 0 Å². The van der Waals surface area contributed by atoms with Crippen LogP contribution in [-0.2, 0) is 18.6 Å². The fourth-order valence-electron chi connectivity index (χ4n) is 2.77. The number of nitrogens with zero attached hydrogens (tertiary/aromatic N) is 3. The van der Waals surface area contributed by atoms with Crippen LogP contribution in [0.5, 0.6) is 0 Å². The normalized spacial score (nSPS) is 12.6. The zero-order chi connectivity index (χ0) is 21.6. The van der Waals surface area contributed by atoms with Gasteiger partial charge in [-0.25, -0.2) is 4.98 Å². The molecule has 1 aromatic heterocycles. The Morgan fingerprint density at radius 1 is 1.17 bits per heavy atom. The van der Waals surface area contributed by atoms with Crippen molar-refractivity contribution in [2.45, 2.75) is 18.6 Å². The van der Waals surface area contributed by atoms with Gasteiger partial charge < -0.3 is 14.9 Å². The molecule has 0 amide bonds. The Hall–Kier alpha value is -1.84. The number of hydrogen-bond donors (Lipinski definition) is 2. The van der Waals surface area contributed by atoms with E-state index in [9.17, 15) is 5.11 Å². The van der Waals surface area contributed by atoms with Crippen LogP contribution in [0, 0.1) is 10.1 Å². The largest absolute Gasteiger partial charge is 0.383 e. The van der Waals surface area contributed by atoms with Crippen LogP contribution in [-0.4, -0.2) is 25.0 Å². The van der Waals surface area contributed by atoms with Crippen molar-refractivity contribution in [2.75, 3.05) is 0 Å². The number of benzene rings is 2. The molecule has 29 heavy (non-hydrogen) atoms. The predicted octanol–water partition coefficient (Wildman–Crippen LogP) is 5.39. The van der Waals surface area contributed by atoms with Gasteiger partial charge in [0.2, 0.25) is 0 Å². The van der Waals surface area contributed by atoms with Crippen molar-refractivity contribution in [3.63, 3.8) is 0 Å². The number of rotatable bonds is 5. The van der Waals surface area contributed by atoms with Gasteiger partial charge in [0, 0.05) is 28.3 Å². The van der Waals surface area contributed by atoms with E-state index >= 15 is 0 Å². The molecule has 0 aliphatic heterocycles. The van der Waals surface area contributed by atoms with E-state index in [4.69, 9.17) is 50.1 Å². The predicted molar refractivity (Wildman–Crippen MR) is 114 cm³/mol. The third-order valence-corrected chi connectivity index (χ3v) is 5.55. The van der Waals surface area contributed by atoms with E-state index in [0.29, 0.717) is 28.0 Å². The first-order chi connectivity index (χ1) is 13.6. The SMILES string of the molecule is O=[N+]([O-])O.OC(Cc1ccc(Cl)c(Cl)c1)(Cn1ccnc1)c1ccc(Cl)cc1Br. The maximum absolute atomic E-state index is 11.5. The second kappa shape index (κ2) is 10.3. The smallest absolute Gasteiger partial charge is 0.291 e. The highest BCUT2D eigenvalue weighted by molar-refractivity contribution is 9.10. The molecule has 0 saturated heterocycles. The van der Waals surface area contributed by atoms with Crippen LogP contribution in [0.4, 0.5) is 0 Å². The van der Waals surface area contributed by atoms with Crippen molar-refractivity contribution >= 4 is 50.7 Å². The molecule has 3 aromatic rings. The summed E-state index contributed by atoms with van der Waals surface area (Å²) in [5.41, 5.74) is 0.414. The molecule has 2 N–H and O–H groups in total. The fourth-order valence-corrected chi connectivity index (χ4v) is 4.15. The van der Waals surface area contributed by atoms with Crippen molar-refractivity contribution < 1.29 is 15.4 Å². The maximum Gasteiger partial charge on any atom is 0.291 e. The Labute approximate surface area is 189 Å². The van der Waals surface area contributed by atoms with Gasteiger partial charge in [0.05, 0.1) is 22.9 Å².